The highest BCUT2D eigenvalue weighted by Crippen LogP contribution is 2.17. The van der Waals surface area contributed by atoms with Gasteiger partial charge in [-0.3, -0.25) is 4.98 Å². The molecule has 0 aliphatic carbocycles. The van der Waals surface area contributed by atoms with Crippen LogP contribution in [0.3, 0.4) is 0 Å². The van der Waals surface area contributed by atoms with Gasteiger partial charge in [0, 0.05) is 25.7 Å². The van der Waals surface area contributed by atoms with Crippen molar-refractivity contribution in [2.24, 2.45) is 11.7 Å². The molecule has 1 aliphatic heterocycles. The summed E-state index contributed by atoms with van der Waals surface area (Å²) in [6.45, 7) is 4.13. The van der Waals surface area contributed by atoms with Crippen molar-refractivity contribution in [3.63, 3.8) is 0 Å². The van der Waals surface area contributed by atoms with Gasteiger partial charge >= 0.3 is 19.7 Å². The Kier molecular flexibility index (Phi) is 16.3. The smallest absolute Gasteiger partial charge is 0.487 e. The Hall–Kier alpha value is -3.35. The number of hydrogen-bond donors (Lipinski definition) is 6. The summed E-state index contributed by atoms with van der Waals surface area (Å²) < 4.78 is 27.3. The number of carbonyl (C=O) groups excluding carboxylic acids is 2. The van der Waals surface area contributed by atoms with E-state index in [0.29, 0.717) is 44.0 Å². The maximum absolute atomic E-state index is 13.4. The maximum atomic E-state index is 13.4. The molecule has 0 saturated carbocycles. The number of rotatable bonds is 19. The first-order valence-electron chi connectivity index (χ1n) is 15.5. The summed E-state index contributed by atoms with van der Waals surface area (Å²) in [5, 5.41) is 42.8. The van der Waals surface area contributed by atoms with E-state index in [-0.39, 0.29) is 18.9 Å². The number of pyridine rings is 1. The lowest BCUT2D eigenvalue weighted by Crippen LogP contribution is -2.53. The molecule has 259 valence electrons. The second-order valence-corrected chi connectivity index (χ2v) is 11.5. The molecular formula is C31H46BN4O11. The van der Waals surface area contributed by atoms with E-state index in [4.69, 9.17) is 29.3 Å². The van der Waals surface area contributed by atoms with Crippen LogP contribution in [0.4, 0.5) is 4.79 Å². The standard InChI is InChI=1S/C31H46BN4O11/c1-20(2)15-27(33)47-32-46-26(29(40)28(39)25(38)17-37)19-45-30(41)24(35-31(42)36-11-13-43-14-12-36)16-21-6-8-23(9-7-21)44-18-22-5-3-4-10-34-22/h3-10,20,24-29,37-40H,11-19,33H2,1-2H3,(H,35,42)/t24-,25+,26+,27+,28+,29+/m0/s1. The Labute approximate surface area is 275 Å². The number of esters is 1. The highest BCUT2D eigenvalue weighted by molar-refractivity contribution is 6.18. The van der Waals surface area contributed by atoms with Gasteiger partial charge in [-0.2, -0.15) is 0 Å². The quantitative estimate of drug-likeness (QED) is 0.0637. The van der Waals surface area contributed by atoms with Gasteiger partial charge in [-0.25, -0.2) is 9.59 Å². The summed E-state index contributed by atoms with van der Waals surface area (Å²) >= 11 is 0. The van der Waals surface area contributed by atoms with Crippen molar-refractivity contribution in [1.29, 1.82) is 0 Å². The van der Waals surface area contributed by atoms with Crippen molar-refractivity contribution in [3.05, 3.63) is 59.9 Å². The first-order valence-corrected chi connectivity index (χ1v) is 15.5. The minimum Gasteiger partial charge on any atom is -0.487 e. The fourth-order valence-corrected chi connectivity index (χ4v) is 4.53. The molecule has 7 N–H and O–H groups in total. The van der Waals surface area contributed by atoms with Gasteiger partial charge in [0.1, 0.15) is 49.4 Å². The molecule has 1 fully saturated rings. The van der Waals surface area contributed by atoms with E-state index in [0.717, 1.165) is 13.4 Å². The summed E-state index contributed by atoms with van der Waals surface area (Å²) in [5.41, 5.74) is 7.35. The summed E-state index contributed by atoms with van der Waals surface area (Å²) in [6, 6.07) is 10.9. The van der Waals surface area contributed by atoms with E-state index in [1.807, 2.05) is 32.0 Å². The molecule has 2 aromatic rings. The van der Waals surface area contributed by atoms with Crippen LogP contribution >= 0.6 is 0 Å². The number of aliphatic hydroxyl groups is 4. The lowest BCUT2D eigenvalue weighted by atomic mass is 10.0. The zero-order valence-corrected chi connectivity index (χ0v) is 26.7. The minimum absolute atomic E-state index is 0.0503. The number of carbonyl (C=O) groups is 2. The molecule has 3 rings (SSSR count). The van der Waals surface area contributed by atoms with Crippen molar-refractivity contribution >= 4 is 19.7 Å². The van der Waals surface area contributed by atoms with E-state index < -0.39 is 61.9 Å². The number of amides is 2. The molecule has 1 saturated heterocycles. The van der Waals surface area contributed by atoms with Crippen LogP contribution in [-0.2, 0) is 36.6 Å². The number of urea groups is 1. The molecule has 2 heterocycles. The fourth-order valence-electron chi connectivity index (χ4n) is 4.53. The highest BCUT2D eigenvalue weighted by atomic mass is 16.6. The molecule has 0 unspecified atom stereocenters. The monoisotopic (exact) mass is 661 g/mol. The Morgan fingerprint density at radius 1 is 1.06 bits per heavy atom. The number of benzene rings is 1. The Morgan fingerprint density at radius 3 is 2.43 bits per heavy atom. The number of aromatic nitrogens is 1. The van der Waals surface area contributed by atoms with Crippen LogP contribution in [-0.4, -0.2) is 126 Å². The van der Waals surface area contributed by atoms with Crippen molar-refractivity contribution in [2.45, 2.75) is 70.0 Å². The van der Waals surface area contributed by atoms with Crippen LogP contribution in [0.5, 0.6) is 5.75 Å². The number of hydrogen-bond acceptors (Lipinski definition) is 13. The molecular weight excluding hydrogens is 615 g/mol. The zero-order valence-electron chi connectivity index (χ0n) is 26.7. The molecule has 0 spiro atoms. The number of aliphatic hydroxyl groups excluding tert-OH is 4. The molecule has 0 bridgehead atoms. The summed E-state index contributed by atoms with van der Waals surface area (Å²) in [4.78, 5) is 32.2. The lowest BCUT2D eigenvalue weighted by molar-refractivity contribution is -0.156. The van der Waals surface area contributed by atoms with E-state index >= 15 is 0 Å². The van der Waals surface area contributed by atoms with Crippen molar-refractivity contribution in [2.75, 3.05) is 39.5 Å². The topological polar surface area (TPSA) is 215 Å². The molecule has 1 aromatic carbocycles. The molecule has 6 atom stereocenters. The van der Waals surface area contributed by atoms with E-state index in [2.05, 4.69) is 10.3 Å². The van der Waals surface area contributed by atoms with Crippen LogP contribution < -0.4 is 15.8 Å². The molecule has 1 aromatic heterocycles. The second-order valence-electron chi connectivity index (χ2n) is 11.5. The van der Waals surface area contributed by atoms with Gasteiger partial charge in [0.25, 0.3) is 0 Å². The van der Waals surface area contributed by atoms with Crippen molar-refractivity contribution in [1.82, 2.24) is 15.2 Å². The van der Waals surface area contributed by atoms with E-state index in [9.17, 15) is 30.0 Å². The molecule has 1 aliphatic rings. The number of nitrogens with two attached hydrogens (primary N) is 1. The average Bonchev–Trinajstić information content (AvgIpc) is 3.08. The van der Waals surface area contributed by atoms with Crippen LogP contribution in [0.25, 0.3) is 0 Å². The minimum atomic E-state index is -1.85. The predicted octanol–water partition coefficient (Wildman–Crippen LogP) is -0.501. The third kappa shape index (κ3) is 13.4. The van der Waals surface area contributed by atoms with E-state index in [1.165, 1.54) is 4.90 Å². The fraction of sp³-hybridized carbons (Fsp3) is 0.581. The summed E-state index contributed by atoms with van der Waals surface area (Å²) in [5.74, 6) is -0.0419. The predicted molar refractivity (Wildman–Crippen MR) is 169 cm³/mol. The van der Waals surface area contributed by atoms with Crippen LogP contribution in [0.1, 0.15) is 31.5 Å². The first kappa shape index (κ1) is 38.1. The summed E-state index contributed by atoms with van der Waals surface area (Å²) in [7, 11) is 0.863. The molecule has 16 heteroatoms. The Balaban J connectivity index is 1.69. The van der Waals surface area contributed by atoms with Gasteiger partial charge < -0.3 is 59.9 Å². The van der Waals surface area contributed by atoms with Gasteiger partial charge in [0.15, 0.2) is 0 Å². The third-order valence-corrected chi connectivity index (χ3v) is 7.22. The van der Waals surface area contributed by atoms with Gasteiger partial charge in [-0.15, -0.1) is 0 Å². The second kappa shape index (κ2) is 20.1. The average molecular weight is 662 g/mol. The van der Waals surface area contributed by atoms with Crippen LogP contribution in [0, 0.1) is 5.92 Å². The number of morpholine rings is 1. The number of nitrogens with zero attached hydrogens (tertiary/aromatic N) is 2. The lowest BCUT2D eigenvalue weighted by Gasteiger charge is -2.30. The number of ether oxygens (including phenoxy) is 3. The largest absolute Gasteiger partial charge is 0.489 e. The van der Waals surface area contributed by atoms with Gasteiger partial charge in [-0.05, 0) is 42.2 Å². The zero-order chi connectivity index (χ0) is 34.2. The molecule has 15 nitrogen and oxygen atoms in total. The first-order chi connectivity index (χ1) is 22.6. The SMILES string of the molecule is CC(C)C[C@H](N)O[B]O[C@H](COC(=O)[C@H](Cc1ccc(OCc2ccccn2)cc1)NC(=O)N1CCOCC1)[C@@H](O)[C@H](O)[C@H](O)CO. The highest BCUT2D eigenvalue weighted by Gasteiger charge is 2.34. The third-order valence-electron chi connectivity index (χ3n) is 7.22. The van der Waals surface area contributed by atoms with Crippen LogP contribution in [0.15, 0.2) is 48.7 Å². The molecule has 2 amide bonds. The van der Waals surface area contributed by atoms with Crippen molar-refractivity contribution in [3.8, 4) is 5.75 Å². The molecule has 47 heavy (non-hydrogen) atoms. The Morgan fingerprint density at radius 2 is 1.79 bits per heavy atom. The van der Waals surface area contributed by atoms with Gasteiger partial charge in [-0.1, -0.05) is 32.0 Å². The van der Waals surface area contributed by atoms with Gasteiger partial charge in [0.05, 0.1) is 31.7 Å². The van der Waals surface area contributed by atoms with Crippen LogP contribution in [0.2, 0.25) is 0 Å². The van der Waals surface area contributed by atoms with E-state index in [1.54, 1.807) is 30.5 Å². The molecule has 1 radical (unpaired) electrons. The normalized spacial score (nSPS) is 17.2. The maximum Gasteiger partial charge on any atom is 0.489 e. The number of nitrogens with one attached hydrogen (secondary N) is 1. The summed E-state index contributed by atoms with van der Waals surface area (Å²) in [6.07, 6.45) is -5.31. The van der Waals surface area contributed by atoms with Crippen molar-refractivity contribution < 1.29 is 53.5 Å². The Bertz CT molecular complexity index is 1190. The van der Waals surface area contributed by atoms with Gasteiger partial charge in [0.2, 0.25) is 0 Å².